The highest BCUT2D eigenvalue weighted by molar-refractivity contribution is 5.56. The molecule has 1 atom stereocenters. The van der Waals surface area contributed by atoms with Crippen LogP contribution in [0.3, 0.4) is 0 Å². The van der Waals surface area contributed by atoms with Crippen LogP contribution in [0.2, 0.25) is 0 Å². The number of aryl methyl sites for hydroxylation is 1. The topological polar surface area (TPSA) is 103 Å². The zero-order valence-corrected chi connectivity index (χ0v) is 15.9. The summed E-state index contributed by atoms with van der Waals surface area (Å²) in [6, 6.07) is 14.5. The molecule has 29 heavy (non-hydrogen) atoms. The van der Waals surface area contributed by atoms with Gasteiger partial charge in [-0.05, 0) is 42.3 Å². The molecule has 148 valence electrons. The second-order valence-corrected chi connectivity index (χ2v) is 6.40. The molecule has 1 heterocycles. The molecule has 0 saturated carbocycles. The number of ether oxygens (including phenoxy) is 1. The lowest BCUT2D eigenvalue weighted by Gasteiger charge is -2.15. The molecule has 0 fully saturated rings. The predicted molar refractivity (Wildman–Crippen MR) is 108 cm³/mol. The zero-order chi connectivity index (χ0) is 21.0. The van der Waals surface area contributed by atoms with Gasteiger partial charge in [-0.1, -0.05) is 24.3 Å². The molecular formula is C22H19NO6. The van der Waals surface area contributed by atoms with E-state index < -0.39 is 16.5 Å². The van der Waals surface area contributed by atoms with E-state index in [-0.39, 0.29) is 17.0 Å². The van der Waals surface area contributed by atoms with Crippen molar-refractivity contribution in [1.29, 1.82) is 0 Å². The van der Waals surface area contributed by atoms with Crippen LogP contribution < -0.4 is 10.4 Å². The van der Waals surface area contributed by atoms with Crippen LogP contribution >= 0.6 is 0 Å². The first-order chi connectivity index (χ1) is 13.9. The lowest BCUT2D eigenvalue weighted by atomic mass is 9.90. The summed E-state index contributed by atoms with van der Waals surface area (Å²) in [5.74, 6) is 0.219. The first-order valence-corrected chi connectivity index (χ1v) is 8.79. The Morgan fingerprint density at radius 2 is 1.79 bits per heavy atom. The van der Waals surface area contributed by atoms with E-state index in [4.69, 9.17) is 9.15 Å². The van der Waals surface area contributed by atoms with Gasteiger partial charge in [0.25, 0.3) is 5.69 Å². The van der Waals surface area contributed by atoms with Gasteiger partial charge in [0.05, 0.1) is 17.6 Å². The van der Waals surface area contributed by atoms with E-state index >= 15 is 0 Å². The molecule has 1 aromatic heterocycles. The number of hydrogen-bond acceptors (Lipinski definition) is 6. The third-order valence-corrected chi connectivity index (χ3v) is 4.46. The number of non-ortho nitro benzene ring substituents is 1. The number of nitro groups is 1. The van der Waals surface area contributed by atoms with Crippen molar-refractivity contribution in [1.82, 2.24) is 0 Å². The van der Waals surface area contributed by atoms with Crippen molar-refractivity contribution in [3.05, 3.63) is 104 Å². The zero-order valence-electron chi connectivity index (χ0n) is 15.9. The summed E-state index contributed by atoms with van der Waals surface area (Å²) >= 11 is 0. The quantitative estimate of drug-likeness (QED) is 0.491. The second kappa shape index (κ2) is 8.43. The third kappa shape index (κ3) is 4.52. The standard InChI is InChI=1S/C22H19NO6/c1-14-13-20(24)21(22(25)29-14)19(16-6-10-18(28-2)11-7-16)12-5-15-3-8-17(9-4-15)23(26)27/h3-13,19,24H,1-2H3. The van der Waals surface area contributed by atoms with Crippen molar-refractivity contribution in [2.45, 2.75) is 12.8 Å². The number of allylic oxidation sites excluding steroid dienone is 1. The lowest BCUT2D eigenvalue weighted by Crippen LogP contribution is -2.13. The molecule has 3 aromatic rings. The molecule has 0 bridgehead atoms. The first-order valence-electron chi connectivity index (χ1n) is 8.79. The molecule has 0 saturated heterocycles. The molecule has 0 radical (unpaired) electrons. The molecule has 0 aliphatic heterocycles. The Bertz CT molecular complexity index is 1100. The Morgan fingerprint density at radius 1 is 1.14 bits per heavy atom. The van der Waals surface area contributed by atoms with E-state index in [0.29, 0.717) is 17.1 Å². The summed E-state index contributed by atoms with van der Waals surface area (Å²) in [5, 5.41) is 21.2. The number of rotatable bonds is 6. The Morgan fingerprint density at radius 3 is 2.34 bits per heavy atom. The van der Waals surface area contributed by atoms with Gasteiger partial charge in [-0.2, -0.15) is 0 Å². The van der Waals surface area contributed by atoms with Crippen molar-refractivity contribution in [2.75, 3.05) is 7.11 Å². The number of nitro benzene ring substituents is 1. The minimum absolute atomic E-state index is 0.00863. The van der Waals surface area contributed by atoms with E-state index in [2.05, 4.69) is 0 Å². The maximum Gasteiger partial charge on any atom is 0.343 e. The maximum atomic E-state index is 12.5. The summed E-state index contributed by atoms with van der Waals surface area (Å²) < 4.78 is 10.4. The fourth-order valence-corrected chi connectivity index (χ4v) is 2.99. The van der Waals surface area contributed by atoms with Crippen LogP contribution in [0.15, 0.2) is 69.9 Å². The minimum atomic E-state index is -0.628. The van der Waals surface area contributed by atoms with E-state index in [0.717, 1.165) is 5.56 Å². The SMILES string of the molecule is COc1ccc(C(C=Cc2ccc([N+](=O)[O-])cc2)c2c(O)cc(C)oc2=O)cc1. The van der Waals surface area contributed by atoms with Crippen LogP contribution in [-0.2, 0) is 0 Å². The van der Waals surface area contributed by atoms with E-state index in [1.807, 2.05) is 0 Å². The summed E-state index contributed by atoms with van der Waals surface area (Å²) in [7, 11) is 1.56. The van der Waals surface area contributed by atoms with Gasteiger partial charge in [0.15, 0.2) is 0 Å². The van der Waals surface area contributed by atoms with Crippen LogP contribution in [-0.4, -0.2) is 17.1 Å². The number of methoxy groups -OCH3 is 1. The maximum absolute atomic E-state index is 12.5. The number of aromatic hydroxyl groups is 1. The normalized spacial score (nSPS) is 12.1. The molecule has 0 spiro atoms. The number of benzene rings is 2. The van der Waals surface area contributed by atoms with E-state index in [1.165, 1.54) is 18.2 Å². The molecule has 3 rings (SSSR count). The van der Waals surface area contributed by atoms with Gasteiger partial charge in [0.2, 0.25) is 0 Å². The van der Waals surface area contributed by atoms with Crippen molar-refractivity contribution in [3.8, 4) is 11.5 Å². The second-order valence-electron chi connectivity index (χ2n) is 6.40. The summed E-state index contributed by atoms with van der Waals surface area (Å²) in [6.07, 6.45) is 3.47. The molecule has 1 unspecified atom stereocenters. The fourth-order valence-electron chi connectivity index (χ4n) is 2.99. The van der Waals surface area contributed by atoms with E-state index in [9.17, 15) is 20.0 Å². The largest absolute Gasteiger partial charge is 0.507 e. The summed E-state index contributed by atoms with van der Waals surface area (Å²) in [6.45, 7) is 1.58. The van der Waals surface area contributed by atoms with Crippen LogP contribution in [0.1, 0.15) is 28.4 Å². The van der Waals surface area contributed by atoms with Crippen molar-refractivity contribution in [3.63, 3.8) is 0 Å². The van der Waals surface area contributed by atoms with Crippen LogP contribution in [0.25, 0.3) is 6.08 Å². The third-order valence-electron chi connectivity index (χ3n) is 4.46. The van der Waals surface area contributed by atoms with Gasteiger partial charge in [-0.3, -0.25) is 10.1 Å². The smallest absolute Gasteiger partial charge is 0.343 e. The molecule has 0 amide bonds. The van der Waals surface area contributed by atoms with Crippen molar-refractivity contribution < 1.29 is 19.2 Å². The van der Waals surface area contributed by atoms with Gasteiger partial charge in [-0.15, -0.1) is 0 Å². The average Bonchev–Trinajstić information content (AvgIpc) is 2.70. The Labute approximate surface area is 166 Å². The molecule has 7 heteroatoms. The Balaban J connectivity index is 2.05. The Kier molecular flexibility index (Phi) is 5.78. The molecule has 0 aliphatic rings. The summed E-state index contributed by atoms with van der Waals surface area (Å²) in [5.41, 5.74) is 0.932. The highest BCUT2D eigenvalue weighted by atomic mass is 16.6. The summed E-state index contributed by atoms with van der Waals surface area (Å²) in [4.78, 5) is 22.8. The van der Waals surface area contributed by atoms with Gasteiger partial charge < -0.3 is 14.3 Å². The molecule has 2 aromatic carbocycles. The Hall–Kier alpha value is -3.87. The van der Waals surface area contributed by atoms with Gasteiger partial charge >= 0.3 is 5.63 Å². The minimum Gasteiger partial charge on any atom is -0.507 e. The van der Waals surface area contributed by atoms with Gasteiger partial charge in [0, 0.05) is 24.1 Å². The van der Waals surface area contributed by atoms with Crippen LogP contribution in [0.4, 0.5) is 5.69 Å². The average molecular weight is 393 g/mol. The lowest BCUT2D eigenvalue weighted by molar-refractivity contribution is -0.384. The predicted octanol–water partition coefficient (Wildman–Crippen LogP) is 4.42. The molecular weight excluding hydrogens is 374 g/mol. The molecule has 1 N–H and O–H groups in total. The highest BCUT2D eigenvalue weighted by Crippen LogP contribution is 2.32. The molecule has 0 aliphatic carbocycles. The van der Waals surface area contributed by atoms with Crippen molar-refractivity contribution in [2.24, 2.45) is 0 Å². The van der Waals surface area contributed by atoms with Crippen LogP contribution in [0.5, 0.6) is 11.5 Å². The van der Waals surface area contributed by atoms with Gasteiger partial charge in [-0.25, -0.2) is 4.79 Å². The monoisotopic (exact) mass is 393 g/mol. The fraction of sp³-hybridized carbons (Fsp3) is 0.136. The highest BCUT2D eigenvalue weighted by Gasteiger charge is 2.21. The number of nitrogens with zero attached hydrogens (tertiary/aromatic N) is 1. The van der Waals surface area contributed by atoms with Crippen molar-refractivity contribution >= 4 is 11.8 Å². The number of hydrogen-bond donors (Lipinski definition) is 1. The van der Waals surface area contributed by atoms with Gasteiger partial charge in [0.1, 0.15) is 17.3 Å². The van der Waals surface area contributed by atoms with E-state index in [1.54, 1.807) is 62.6 Å². The molecule has 7 nitrogen and oxygen atoms in total. The van der Waals surface area contributed by atoms with Crippen LogP contribution in [0, 0.1) is 17.0 Å². The first kappa shape index (κ1) is 19.9.